The number of hydrogen-bond donors (Lipinski definition) is 1. The topological polar surface area (TPSA) is 72.3 Å². The molecule has 34 heavy (non-hydrogen) atoms. The number of aromatic nitrogens is 3. The number of ether oxygens (including phenoxy) is 1. The monoisotopic (exact) mass is 479 g/mol. The lowest BCUT2D eigenvalue weighted by molar-refractivity contribution is -0.113. The lowest BCUT2D eigenvalue weighted by Gasteiger charge is -2.26. The normalized spacial score (nSPS) is 14.8. The van der Waals surface area contributed by atoms with Crippen molar-refractivity contribution in [3.05, 3.63) is 59.7 Å². The maximum absolute atomic E-state index is 12.5. The second-order valence-electron chi connectivity index (χ2n) is 9.61. The predicted molar refractivity (Wildman–Crippen MR) is 137 cm³/mol. The van der Waals surface area contributed by atoms with Crippen LogP contribution in [0, 0.1) is 0 Å². The van der Waals surface area contributed by atoms with Crippen molar-refractivity contribution in [2.75, 3.05) is 37.4 Å². The van der Waals surface area contributed by atoms with Crippen LogP contribution in [0.5, 0.6) is 0 Å². The average molecular weight is 480 g/mol. The summed E-state index contributed by atoms with van der Waals surface area (Å²) >= 11 is 1.38. The van der Waals surface area contributed by atoms with E-state index >= 15 is 0 Å². The van der Waals surface area contributed by atoms with E-state index in [1.807, 2.05) is 23.7 Å². The van der Waals surface area contributed by atoms with Gasteiger partial charge in [0.25, 0.3) is 0 Å². The quantitative estimate of drug-likeness (QED) is 0.508. The summed E-state index contributed by atoms with van der Waals surface area (Å²) < 4.78 is 7.34. The Balaban J connectivity index is 1.30. The molecule has 1 amide bonds. The maximum Gasteiger partial charge on any atom is 0.234 e. The number of carbonyl (C=O) groups is 1. The summed E-state index contributed by atoms with van der Waals surface area (Å²) in [7, 11) is 1.93. The number of anilines is 1. The van der Waals surface area contributed by atoms with Crippen LogP contribution in [0.25, 0.3) is 11.4 Å². The average Bonchev–Trinajstić information content (AvgIpc) is 3.19. The van der Waals surface area contributed by atoms with Gasteiger partial charge in [-0.3, -0.25) is 9.69 Å². The molecule has 2 heterocycles. The number of rotatable bonds is 7. The third-order valence-corrected chi connectivity index (χ3v) is 6.94. The van der Waals surface area contributed by atoms with Gasteiger partial charge in [0.2, 0.25) is 5.91 Å². The maximum atomic E-state index is 12.5. The minimum atomic E-state index is -0.0648. The molecule has 3 aromatic rings. The minimum absolute atomic E-state index is 0.0648. The van der Waals surface area contributed by atoms with Crippen LogP contribution in [0.15, 0.2) is 53.7 Å². The lowest BCUT2D eigenvalue weighted by Crippen LogP contribution is -2.35. The van der Waals surface area contributed by atoms with Gasteiger partial charge in [-0.25, -0.2) is 0 Å². The number of nitrogens with zero attached hydrogens (tertiary/aromatic N) is 4. The van der Waals surface area contributed by atoms with Crippen LogP contribution in [-0.4, -0.2) is 57.6 Å². The van der Waals surface area contributed by atoms with E-state index < -0.39 is 0 Å². The Labute approximate surface area is 205 Å². The Hall–Kier alpha value is -2.68. The molecule has 1 fully saturated rings. The second kappa shape index (κ2) is 10.7. The van der Waals surface area contributed by atoms with Gasteiger partial charge in [-0.2, -0.15) is 0 Å². The fourth-order valence-corrected chi connectivity index (χ4v) is 4.56. The van der Waals surface area contributed by atoms with Gasteiger partial charge in [0.05, 0.1) is 19.0 Å². The zero-order valence-corrected chi connectivity index (χ0v) is 21.2. The molecule has 1 N–H and O–H groups in total. The number of hydrogen-bond acceptors (Lipinski definition) is 6. The highest BCUT2D eigenvalue weighted by molar-refractivity contribution is 7.99. The van der Waals surface area contributed by atoms with Crippen LogP contribution >= 0.6 is 11.8 Å². The fourth-order valence-electron chi connectivity index (χ4n) is 3.85. The van der Waals surface area contributed by atoms with E-state index in [-0.39, 0.29) is 17.1 Å². The van der Waals surface area contributed by atoms with Crippen molar-refractivity contribution in [3.63, 3.8) is 0 Å². The smallest absolute Gasteiger partial charge is 0.234 e. The van der Waals surface area contributed by atoms with Crippen LogP contribution in [0.4, 0.5) is 5.69 Å². The third kappa shape index (κ3) is 6.25. The molecular weight excluding hydrogens is 446 g/mol. The molecule has 0 atom stereocenters. The van der Waals surface area contributed by atoms with Gasteiger partial charge in [0, 0.05) is 37.9 Å². The molecule has 4 rings (SSSR count). The molecule has 1 aromatic heterocycles. The van der Waals surface area contributed by atoms with Crippen molar-refractivity contribution >= 4 is 23.4 Å². The minimum Gasteiger partial charge on any atom is -0.379 e. The Morgan fingerprint density at radius 3 is 2.35 bits per heavy atom. The van der Waals surface area contributed by atoms with Crippen molar-refractivity contribution < 1.29 is 9.53 Å². The molecule has 0 saturated carbocycles. The van der Waals surface area contributed by atoms with Gasteiger partial charge in [0.1, 0.15) is 0 Å². The third-order valence-electron chi connectivity index (χ3n) is 5.92. The van der Waals surface area contributed by atoms with Gasteiger partial charge in [0.15, 0.2) is 11.0 Å². The highest BCUT2D eigenvalue weighted by atomic mass is 32.2. The van der Waals surface area contributed by atoms with Gasteiger partial charge < -0.3 is 14.6 Å². The standard InChI is InChI=1S/C26H33N5O2S/c1-26(2,3)21-9-7-20(8-10-21)24-28-29-25(30(24)4)34-18-23(32)27-22-11-5-19(6-12-22)17-31-13-15-33-16-14-31/h5-12H,13-18H2,1-4H3,(H,27,32). The molecule has 0 bridgehead atoms. The zero-order chi connectivity index (χ0) is 24.1. The van der Waals surface area contributed by atoms with E-state index in [0.29, 0.717) is 5.16 Å². The number of amides is 1. The number of benzene rings is 2. The van der Waals surface area contributed by atoms with Crippen molar-refractivity contribution in [2.45, 2.75) is 37.9 Å². The van der Waals surface area contributed by atoms with E-state index in [0.717, 1.165) is 49.9 Å². The van der Waals surface area contributed by atoms with Crippen molar-refractivity contribution in [2.24, 2.45) is 7.05 Å². The van der Waals surface area contributed by atoms with Crippen LogP contribution in [-0.2, 0) is 28.5 Å². The van der Waals surface area contributed by atoms with Crippen molar-refractivity contribution in [1.29, 1.82) is 0 Å². The number of nitrogens with one attached hydrogen (secondary N) is 1. The molecule has 8 heteroatoms. The molecule has 0 aliphatic carbocycles. The van der Waals surface area contributed by atoms with E-state index in [1.54, 1.807) is 0 Å². The highest BCUT2D eigenvalue weighted by Gasteiger charge is 2.16. The molecule has 0 spiro atoms. The molecule has 1 aliphatic rings. The first kappa shape index (κ1) is 24.4. The largest absolute Gasteiger partial charge is 0.379 e. The van der Waals surface area contributed by atoms with E-state index in [4.69, 9.17) is 4.74 Å². The SMILES string of the molecule is Cn1c(SCC(=O)Nc2ccc(CN3CCOCC3)cc2)nnc1-c1ccc(C(C)(C)C)cc1. The summed E-state index contributed by atoms with van der Waals surface area (Å²) in [5.41, 5.74) is 4.43. The van der Waals surface area contributed by atoms with Crippen molar-refractivity contribution in [3.8, 4) is 11.4 Å². The Bertz CT molecular complexity index is 1100. The summed E-state index contributed by atoms with van der Waals surface area (Å²) in [6, 6.07) is 16.5. The predicted octanol–water partition coefficient (Wildman–Crippen LogP) is 4.34. The molecular formula is C26H33N5O2S. The summed E-state index contributed by atoms with van der Waals surface area (Å²) in [4.78, 5) is 14.9. The van der Waals surface area contributed by atoms with E-state index in [1.165, 1.54) is 22.9 Å². The number of morpholine rings is 1. The van der Waals surface area contributed by atoms with Crippen LogP contribution in [0.2, 0.25) is 0 Å². The summed E-state index contributed by atoms with van der Waals surface area (Å²) in [5.74, 6) is 0.994. The Morgan fingerprint density at radius 1 is 1.03 bits per heavy atom. The summed E-state index contributed by atoms with van der Waals surface area (Å²) in [6.45, 7) is 11.0. The molecule has 1 aliphatic heterocycles. The molecule has 1 saturated heterocycles. The van der Waals surface area contributed by atoms with Crippen LogP contribution in [0.1, 0.15) is 31.9 Å². The van der Waals surface area contributed by atoms with Crippen molar-refractivity contribution in [1.82, 2.24) is 19.7 Å². The second-order valence-corrected chi connectivity index (χ2v) is 10.6. The first-order chi connectivity index (χ1) is 16.3. The molecule has 180 valence electrons. The molecule has 7 nitrogen and oxygen atoms in total. The van der Waals surface area contributed by atoms with Gasteiger partial charge in [-0.15, -0.1) is 10.2 Å². The van der Waals surface area contributed by atoms with Gasteiger partial charge in [-0.1, -0.05) is 68.9 Å². The highest BCUT2D eigenvalue weighted by Crippen LogP contribution is 2.27. The Kier molecular flexibility index (Phi) is 7.70. The van der Waals surface area contributed by atoms with E-state index in [9.17, 15) is 4.79 Å². The fraction of sp³-hybridized carbons (Fsp3) is 0.423. The Morgan fingerprint density at radius 2 is 1.71 bits per heavy atom. The van der Waals surface area contributed by atoms with Gasteiger partial charge in [-0.05, 0) is 28.7 Å². The van der Waals surface area contributed by atoms with Crippen LogP contribution < -0.4 is 5.32 Å². The van der Waals surface area contributed by atoms with Crippen LogP contribution in [0.3, 0.4) is 0 Å². The van der Waals surface area contributed by atoms with Gasteiger partial charge >= 0.3 is 0 Å². The molecule has 2 aromatic carbocycles. The van der Waals surface area contributed by atoms with E-state index in [2.05, 4.69) is 77.6 Å². The first-order valence-electron chi connectivity index (χ1n) is 11.6. The summed E-state index contributed by atoms with van der Waals surface area (Å²) in [6.07, 6.45) is 0. The summed E-state index contributed by atoms with van der Waals surface area (Å²) in [5, 5.41) is 12.3. The first-order valence-corrected chi connectivity index (χ1v) is 12.6. The molecule has 0 unspecified atom stereocenters. The zero-order valence-electron chi connectivity index (χ0n) is 20.4. The number of carbonyl (C=O) groups excluding carboxylic acids is 1. The lowest BCUT2D eigenvalue weighted by atomic mass is 9.87. The number of thioether (sulfide) groups is 1. The molecule has 0 radical (unpaired) electrons.